The monoisotopic (exact) mass is 587 g/mol. The van der Waals surface area contributed by atoms with Gasteiger partial charge in [0, 0.05) is 12.1 Å². The van der Waals surface area contributed by atoms with Crippen molar-refractivity contribution >= 4 is 41.1 Å². The van der Waals surface area contributed by atoms with E-state index >= 15 is 0 Å². The Morgan fingerprint density at radius 2 is 1.82 bits per heavy atom. The van der Waals surface area contributed by atoms with Crippen LogP contribution in [0.15, 0.2) is 0 Å². The van der Waals surface area contributed by atoms with Crippen LogP contribution in [-0.4, -0.2) is 81.5 Å². The SMILES string of the molecule is CC[C@H](C)[C@H](NC(=O)C1(F)CC1)C(=O)N1C[C@H]2[C@@H]([C@H]1C(=O)NN(C[C@@H]1CC(C)(C)NC1=O)C(=O)[C@@H](F)Cl)C2(C)C. The lowest BCUT2D eigenvalue weighted by atomic mass is 9.95. The molecular formula is C27H40ClF2N5O5. The van der Waals surface area contributed by atoms with Crippen molar-refractivity contribution in [3.05, 3.63) is 0 Å². The van der Waals surface area contributed by atoms with E-state index in [2.05, 4.69) is 16.1 Å². The Morgan fingerprint density at radius 3 is 2.33 bits per heavy atom. The summed E-state index contributed by atoms with van der Waals surface area (Å²) in [5.41, 5.74) is -2.78. The van der Waals surface area contributed by atoms with Gasteiger partial charge in [-0.2, -0.15) is 0 Å². The van der Waals surface area contributed by atoms with Crippen LogP contribution in [0.1, 0.15) is 67.2 Å². The van der Waals surface area contributed by atoms with Crippen molar-refractivity contribution in [3.63, 3.8) is 0 Å². The smallest absolute Gasteiger partial charge is 0.291 e. The average molecular weight is 588 g/mol. The average Bonchev–Trinajstić information content (AvgIpc) is 3.60. The highest BCUT2D eigenvalue weighted by atomic mass is 35.5. The van der Waals surface area contributed by atoms with Gasteiger partial charge in [-0.3, -0.25) is 29.4 Å². The third-order valence-electron chi connectivity index (χ3n) is 9.31. The van der Waals surface area contributed by atoms with Crippen LogP contribution in [0.3, 0.4) is 0 Å². The molecular weight excluding hydrogens is 548 g/mol. The zero-order chi connectivity index (χ0) is 29.9. The molecule has 2 saturated heterocycles. The van der Waals surface area contributed by atoms with E-state index in [4.69, 9.17) is 11.6 Å². The first-order valence-electron chi connectivity index (χ1n) is 14.0. The predicted octanol–water partition coefficient (Wildman–Crippen LogP) is 1.81. The van der Waals surface area contributed by atoms with Gasteiger partial charge in [0.05, 0.1) is 12.5 Å². The Hall–Kier alpha value is -2.50. The van der Waals surface area contributed by atoms with E-state index in [-0.39, 0.29) is 55.0 Å². The lowest BCUT2D eigenvalue weighted by Gasteiger charge is -2.36. The van der Waals surface area contributed by atoms with Gasteiger partial charge in [0.2, 0.25) is 11.8 Å². The van der Waals surface area contributed by atoms with Crippen LogP contribution in [0, 0.1) is 29.1 Å². The molecule has 0 aromatic heterocycles. The molecule has 7 atom stereocenters. The highest BCUT2D eigenvalue weighted by Gasteiger charge is 2.70. The Balaban J connectivity index is 1.56. The van der Waals surface area contributed by atoms with Gasteiger partial charge in [-0.15, -0.1) is 0 Å². The molecule has 0 bridgehead atoms. The van der Waals surface area contributed by atoms with E-state index in [0.29, 0.717) is 12.8 Å². The van der Waals surface area contributed by atoms with Gasteiger partial charge in [0.1, 0.15) is 12.1 Å². The van der Waals surface area contributed by atoms with Gasteiger partial charge in [-0.1, -0.05) is 45.7 Å². The third kappa shape index (κ3) is 5.65. The standard InChI is InChI=1S/C27H40ClF2N5O5/c1-7-13(2)17(31-24(40)27(30)8-9-27)22(38)34-12-15-16(26(15,5)6)18(34)21(37)33-35(23(39)19(28)29)11-14-10-25(3,4)32-20(14)36/h13-19H,7-12H2,1-6H3,(H,31,40)(H,32,36)(H,33,37)/t13-,14-,15-,16-,17-,18-,19+/m0/s1. The number of alkyl halides is 3. The van der Waals surface area contributed by atoms with E-state index in [1.54, 1.807) is 6.92 Å². The van der Waals surface area contributed by atoms with Crippen LogP contribution in [0.5, 0.6) is 0 Å². The van der Waals surface area contributed by atoms with Crippen molar-refractivity contribution in [2.24, 2.45) is 29.1 Å². The van der Waals surface area contributed by atoms with Crippen molar-refractivity contribution in [1.82, 2.24) is 26.0 Å². The number of nitrogens with one attached hydrogen (secondary N) is 3. The van der Waals surface area contributed by atoms with Gasteiger partial charge < -0.3 is 15.5 Å². The molecule has 224 valence electrons. The Kier molecular flexibility index (Phi) is 7.92. The fraction of sp³-hybridized carbons (Fsp3) is 0.815. The maximum absolute atomic E-state index is 14.5. The van der Waals surface area contributed by atoms with Crippen LogP contribution < -0.4 is 16.1 Å². The minimum absolute atomic E-state index is 0.0102. The van der Waals surface area contributed by atoms with Gasteiger partial charge in [0.25, 0.3) is 23.4 Å². The first-order valence-corrected chi connectivity index (χ1v) is 14.4. The molecule has 5 amide bonds. The van der Waals surface area contributed by atoms with Crippen LogP contribution in [0.4, 0.5) is 8.78 Å². The highest BCUT2D eigenvalue weighted by molar-refractivity contribution is 6.29. The number of hydrogen-bond donors (Lipinski definition) is 3. The first-order chi connectivity index (χ1) is 18.4. The molecule has 2 aliphatic carbocycles. The quantitative estimate of drug-likeness (QED) is 0.280. The number of rotatable bonds is 9. The number of hydrazine groups is 1. The lowest BCUT2D eigenvalue weighted by Crippen LogP contribution is -2.61. The Labute approximate surface area is 238 Å². The minimum Gasteiger partial charge on any atom is -0.351 e. The fourth-order valence-corrected chi connectivity index (χ4v) is 6.47. The molecule has 3 N–H and O–H groups in total. The van der Waals surface area contributed by atoms with Crippen molar-refractivity contribution in [2.75, 3.05) is 13.1 Å². The molecule has 4 fully saturated rings. The summed E-state index contributed by atoms with van der Waals surface area (Å²) in [5.74, 6) is -4.91. The van der Waals surface area contributed by atoms with Crippen LogP contribution >= 0.6 is 11.6 Å². The Morgan fingerprint density at radius 1 is 1.20 bits per heavy atom. The summed E-state index contributed by atoms with van der Waals surface area (Å²) in [4.78, 5) is 66.6. The lowest BCUT2D eigenvalue weighted by molar-refractivity contribution is -0.151. The molecule has 0 unspecified atom stereocenters. The number of amides is 5. The predicted molar refractivity (Wildman–Crippen MR) is 142 cm³/mol. The molecule has 13 heteroatoms. The van der Waals surface area contributed by atoms with Crippen molar-refractivity contribution in [2.45, 2.75) is 96.1 Å². The molecule has 4 rings (SSSR count). The summed E-state index contributed by atoms with van der Waals surface area (Å²) >= 11 is 5.44. The van der Waals surface area contributed by atoms with Gasteiger partial charge in [0.15, 0.2) is 5.67 Å². The number of carbonyl (C=O) groups excluding carboxylic acids is 5. The second-order valence-electron chi connectivity index (χ2n) is 13.2. The maximum atomic E-state index is 14.5. The summed E-state index contributed by atoms with van der Waals surface area (Å²) in [7, 11) is 0. The zero-order valence-electron chi connectivity index (χ0n) is 23.9. The minimum atomic E-state index is -2.45. The molecule has 40 heavy (non-hydrogen) atoms. The summed E-state index contributed by atoms with van der Waals surface area (Å²) in [6.45, 7) is 11.1. The molecule has 0 aromatic carbocycles. The molecule has 2 heterocycles. The number of fused-ring (bicyclic) bond motifs is 1. The second kappa shape index (κ2) is 10.4. The number of piperidine rings is 1. The molecule has 0 radical (unpaired) electrons. The number of hydrogen-bond acceptors (Lipinski definition) is 5. The van der Waals surface area contributed by atoms with Crippen molar-refractivity contribution in [3.8, 4) is 0 Å². The summed E-state index contributed by atoms with van der Waals surface area (Å²) in [6, 6.07) is -2.06. The first kappa shape index (κ1) is 30.5. The largest absolute Gasteiger partial charge is 0.351 e. The second-order valence-corrected chi connectivity index (χ2v) is 13.6. The summed E-state index contributed by atoms with van der Waals surface area (Å²) < 4.78 is 28.4. The van der Waals surface area contributed by atoms with Gasteiger partial charge >= 0.3 is 0 Å². The molecule has 2 aliphatic heterocycles. The fourth-order valence-electron chi connectivity index (χ4n) is 6.35. The number of nitrogens with zero attached hydrogens (tertiary/aromatic N) is 2. The van der Waals surface area contributed by atoms with Crippen LogP contribution in [0.25, 0.3) is 0 Å². The van der Waals surface area contributed by atoms with Crippen LogP contribution in [0.2, 0.25) is 0 Å². The number of likely N-dealkylation sites (tertiary alicyclic amines) is 1. The van der Waals surface area contributed by atoms with E-state index in [1.165, 1.54) is 4.90 Å². The molecule has 0 spiro atoms. The van der Waals surface area contributed by atoms with Crippen LogP contribution in [-0.2, 0) is 24.0 Å². The van der Waals surface area contributed by atoms with Crippen molar-refractivity contribution < 1.29 is 32.8 Å². The van der Waals surface area contributed by atoms with E-state index < -0.39 is 58.5 Å². The van der Waals surface area contributed by atoms with Gasteiger partial charge in [-0.05, 0) is 56.3 Å². The summed E-state index contributed by atoms with van der Waals surface area (Å²) in [6.07, 6.45) is 1.07. The number of halogens is 3. The topological polar surface area (TPSA) is 128 Å². The van der Waals surface area contributed by atoms with E-state index in [1.807, 2.05) is 34.6 Å². The maximum Gasteiger partial charge on any atom is 0.291 e. The molecule has 0 aromatic rings. The summed E-state index contributed by atoms with van der Waals surface area (Å²) in [5, 5.41) is 6.11. The van der Waals surface area contributed by atoms with E-state index in [9.17, 15) is 32.8 Å². The molecule has 10 nitrogen and oxygen atoms in total. The highest BCUT2D eigenvalue weighted by Crippen LogP contribution is 2.65. The van der Waals surface area contributed by atoms with Gasteiger partial charge in [-0.25, -0.2) is 13.8 Å². The zero-order valence-corrected chi connectivity index (χ0v) is 24.6. The normalized spacial score (nSPS) is 30.8. The number of carbonyl (C=O) groups is 5. The van der Waals surface area contributed by atoms with Crippen molar-refractivity contribution in [1.29, 1.82) is 0 Å². The third-order valence-corrected chi connectivity index (χ3v) is 9.50. The molecule has 4 aliphatic rings. The Bertz CT molecular complexity index is 1100. The van der Waals surface area contributed by atoms with E-state index in [0.717, 1.165) is 5.01 Å². The molecule has 2 saturated carbocycles.